The summed E-state index contributed by atoms with van der Waals surface area (Å²) in [6, 6.07) is 6.52. The maximum Gasteiger partial charge on any atom is 0.171 e. The highest BCUT2D eigenvalue weighted by atomic mass is 79.9. The van der Waals surface area contributed by atoms with Crippen LogP contribution in [0.5, 0.6) is 0 Å². The molecule has 1 aromatic rings. The van der Waals surface area contributed by atoms with Gasteiger partial charge < -0.3 is 15.8 Å². The molecule has 1 heterocycles. The summed E-state index contributed by atoms with van der Waals surface area (Å²) in [6.07, 6.45) is 2.52. The molecule has 0 radical (unpaired) electrons. The highest BCUT2D eigenvalue weighted by Crippen LogP contribution is 2.30. The lowest BCUT2D eigenvalue weighted by Crippen LogP contribution is -2.41. The molecule has 0 bridgehead atoms. The van der Waals surface area contributed by atoms with Crippen molar-refractivity contribution in [1.82, 2.24) is 0 Å². The van der Waals surface area contributed by atoms with E-state index in [1.54, 1.807) is 0 Å². The monoisotopic (exact) mass is 325 g/mol. The molecule has 0 amide bonds. The second-order valence-corrected chi connectivity index (χ2v) is 6.19. The number of anilines is 1. The van der Waals surface area contributed by atoms with Crippen LogP contribution in [0.1, 0.15) is 32.3 Å². The average Bonchev–Trinajstić information content (AvgIpc) is 2.40. The number of hydrogen-bond donors (Lipinski definition) is 2. The third-order valence-electron chi connectivity index (χ3n) is 3.79. The van der Waals surface area contributed by atoms with E-state index in [9.17, 15) is 0 Å². The van der Waals surface area contributed by atoms with Gasteiger partial charge in [0.1, 0.15) is 0 Å². The van der Waals surface area contributed by atoms with Crippen LogP contribution in [0.3, 0.4) is 0 Å². The van der Waals surface area contributed by atoms with Crippen LogP contribution in [-0.2, 0) is 0 Å². The number of oxime groups is 1. The summed E-state index contributed by atoms with van der Waals surface area (Å²) in [5, 5.41) is 11.8. The van der Waals surface area contributed by atoms with Gasteiger partial charge in [-0.2, -0.15) is 0 Å². The van der Waals surface area contributed by atoms with Crippen molar-refractivity contribution in [3.8, 4) is 0 Å². The van der Waals surface area contributed by atoms with Crippen molar-refractivity contribution in [2.45, 2.75) is 32.7 Å². The Balaban J connectivity index is 2.28. The van der Waals surface area contributed by atoms with Gasteiger partial charge in [0.15, 0.2) is 5.84 Å². The van der Waals surface area contributed by atoms with Crippen molar-refractivity contribution in [3.05, 3.63) is 28.2 Å². The average molecular weight is 326 g/mol. The number of benzene rings is 1. The van der Waals surface area contributed by atoms with E-state index in [-0.39, 0.29) is 5.84 Å². The van der Waals surface area contributed by atoms with E-state index in [4.69, 9.17) is 10.9 Å². The first-order valence-electron chi connectivity index (χ1n) is 6.57. The fraction of sp³-hybridized carbons (Fsp3) is 0.500. The van der Waals surface area contributed by atoms with E-state index in [0.717, 1.165) is 16.9 Å². The van der Waals surface area contributed by atoms with Crippen LogP contribution in [0.15, 0.2) is 27.8 Å². The number of nitrogens with two attached hydrogens (primary N) is 1. The molecule has 0 saturated carbocycles. The summed E-state index contributed by atoms with van der Waals surface area (Å²) in [7, 11) is 0. The second kappa shape index (κ2) is 5.82. The molecule has 1 aliphatic heterocycles. The first-order chi connectivity index (χ1) is 9.02. The van der Waals surface area contributed by atoms with Crippen LogP contribution < -0.4 is 10.6 Å². The maximum atomic E-state index is 8.74. The molecule has 0 aliphatic carbocycles. The second-order valence-electron chi connectivity index (χ2n) is 5.33. The molecule has 3 N–H and O–H groups in total. The zero-order valence-corrected chi connectivity index (χ0v) is 12.9. The summed E-state index contributed by atoms with van der Waals surface area (Å²) >= 11 is 3.49. The summed E-state index contributed by atoms with van der Waals surface area (Å²) < 4.78 is 0.853. The molecule has 1 fully saturated rings. The Bertz CT molecular complexity index is 490. The number of halogens is 1. The van der Waals surface area contributed by atoms with Crippen molar-refractivity contribution in [2.24, 2.45) is 16.8 Å². The molecular weight excluding hydrogens is 306 g/mol. The standard InChI is InChI=1S/C14H20BrN3O/c1-9-3-4-10(2)18(8-9)11-5-6-12(13(15)7-11)14(16)17-19/h5-7,9-10,19H,3-4,8H2,1-2H3,(H2,16,17). The molecule has 104 valence electrons. The van der Waals surface area contributed by atoms with Crippen LogP contribution in [-0.4, -0.2) is 23.6 Å². The lowest BCUT2D eigenvalue weighted by atomic mass is 9.94. The Morgan fingerprint density at radius 2 is 2.16 bits per heavy atom. The molecule has 2 rings (SSSR count). The smallest absolute Gasteiger partial charge is 0.171 e. The van der Waals surface area contributed by atoms with Gasteiger partial charge >= 0.3 is 0 Å². The summed E-state index contributed by atoms with van der Waals surface area (Å²) in [5.41, 5.74) is 7.52. The molecule has 4 nitrogen and oxygen atoms in total. The molecule has 1 saturated heterocycles. The van der Waals surface area contributed by atoms with Crippen LogP contribution >= 0.6 is 15.9 Å². The lowest BCUT2D eigenvalue weighted by Gasteiger charge is -2.38. The molecule has 0 aromatic heterocycles. The van der Waals surface area contributed by atoms with E-state index >= 15 is 0 Å². The van der Waals surface area contributed by atoms with E-state index in [2.05, 4.69) is 39.8 Å². The Hall–Kier alpha value is -1.23. The van der Waals surface area contributed by atoms with Crippen LogP contribution in [0.25, 0.3) is 0 Å². The molecule has 2 unspecified atom stereocenters. The zero-order chi connectivity index (χ0) is 14.0. The van der Waals surface area contributed by atoms with Crippen molar-refractivity contribution in [3.63, 3.8) is 0 Å². The predicted molar refractivity (Wildman–Crippen MR) is 81.9 cm³/mol. The van der Waals surface area contributed by atoms with Crippen LogP contribution in [0, 0.1) is 5.92 Å². The van der Waals surface area contributed by atoms with Gasteiger partial charge in [-0.3, -0.25) is 0 Å². The third kappa shape index (κ3) is 3.03. The Morgan fingerprint density at radius 3 is 2.79 bits per heavy atom. The Kier molecular flexibility index (Phi) is 4.34. The number of amidine groups is 1. The minimum Gasteiger partial charge on any atom is -0.409 e. The maximum absolute atomic E-state index is 8.74. The lowest BCUT2D eigenvalue weighted by molar-refractivity contribution is 0.318. The van der Waals surface area contributed by atoms with Gasteiger partial charge in [0.05, 0.1) is 0 Å². The van der Waals surface area contributed by atoms with Crippen molar-refractivity contribution < 1.29 is 5.21 Å². The van der Waals surface area contributed by atoms with Gasteiger partial charge in [0.2, 0.25) is 0 Å². The van der Waals surface area contributed by atoms with Crippen molar-refractivity contribution in [2.75, 3.05) is 11.4 Å². The number of hydrogen-bond acceptors (Lipinski definition) is 3. The topological polar surface area (TPSA) is 61.8 Å². The molecular formula is C14H20BrN3O. The fourth-order valence-corrected chi connectivity index (χ4v) is 3.16. The quantitative estimate of drug-likeness (QED) is 0.380. The van der Waals surface area contributed by atoms with Crippen LogP contribution in [0.2, 0.25) is 0 Å². The summed E-state index contributed by atoms with van der Waals surface area (Å²) in [4.78, 5) is 2.43. The van der Waals surface area contributed by atoms with E-state index in [1.165, 1.54) is 18.5 Å². The molecule has 2 atom stereocenters. The predicted octanol–water partition coefficient (Wildman–Crippen LogP) is 3.17. The summed E-state index contributed by atoms with van der Waals surface area (Å²) in [5.74, 6) is 0.845. The molecule has 19 heavy (non-hydrogen) atoms. The van der Waals surface area contributed by atoms with Gasteiger partial charge in [0, 0.05) is 28.3 Å². The number of nitrogens with zero attached hydrogens (tertiary/aromatic N) is 2. The molecule has 1 aliphatic rings. The minimum atomic E-state index is 0.124. The van der Waals surface area contributed by atoms with Crippen molar-refractivity contribution in [1.29, 1.82) is 0 Å². The Labute approximate surface area is 122 Å². The van der Waals surface area contributed by atoms with E-state index < -0.39 is 0 Å². The molecule has 1 aromatic carbocycles. The van der Waals surface area contributed by atoms with Gasteiger partial charge in [0.25, 0.3) is 0 Å². The number of rotatable bonds is 2. The van der Waals surface area contributed by atoms with Gasteiger partial charge in [-0.1, -0.05) is 12.1 Å². The molecule has 5 heteroatoms. The van der Waals surface area contributed by atoms with Crippen molar-refractivity contribution >= 4 is 27.5 Å². The highest BCUT2D eigenvalue weighted by Gasteiger charge is 2.23. The highest BCUT2D eigenvalue weighted by molar-refractivity contribution is 9.10. The van der Waals surface area contributed by atoms with Crippen LogP contribution in [0.4, 0.5) is 5.69 Å². The van der Waals surface area contributed by atoms with E-state index in [1.807, 2.05) is 18.2 Å². The summed E-state index contributed by atoms with van der Waals surface area (Å²) in [6.45, 7) is 5.63. The molecule has 0 spiro atoms. The number of piperidine rings is 1. The first kappa shape index (κ1) is 14.2. The SMILES string of the molecule is CC1CCC(C)N(c2ccc(/C(N)=N/O)c(Br)c2)C1. The third-order valence-corrected chi connectivity index (χ3v) is 4.44. The first-order valence-corrected chi connectivity index (χ1v) is 7.36. The largest absolute Gasteiger partial charge is 0.409 e. The fourth-order valence-electron chi connectivity index (χ4n) is 2.59. The van der Waals surface area contributed by atoms with Gasteiger partial charge in [-0.15, -0.1) is 0 Å². The normalized spacial score (nSPS) is 24.6. The minimum absolute atomic E-state index is 0.124. The van der Waals surface area contributed by atoms with Gasteiger partial charge in [-0.25, -0.2) is 0 Å². The van der Waals surface area contributed by atoms with Gasteiger partial charge in [-0.05, 0) is 59.8 Å². The zero-order valence-electron chi connectivity index (χ0n) is 11.3. The van der Waals surface area contributed by atoms with E-state index in [0.29, 0.717) is 11.6 Å². The Morgan fingerprint density at radius 1 is 1.42 bits per heavy atom.